The molecule has 0 atom stereocenters. The third-order valence-electron chi connectivity index (χ3n) is 9.37. The van der Waals surface area contributed by atoms with Gasteiger partial charge in [0.05, 0.1) is 5.39 Å². The van der Waals surface area contributed by atoms with E-state index in [9.17, 15) is 0 Å². The zero-order chi connectivity index (χ0) is 32.3. The van der Waals surface area contributed by atoms with E-state index in [0.29, 0.717) is 23.2 Å². The second-order valence-corrected chi connectivity index (χ2v) is 12.3. The molecular formula is C44H26N4O. The number of pyridine rings is 1. The Hall–Kier alpha value is -6.72. The summed E-state index contributed by atoms with van der Waals surface area (Å²) in [5.41, 5.74) is 6.20. The maximum absolute atomic E-state index is 6.42. The lowest BCUT2D eigenvalue weighted by molar-refractivity contribution is 0.654. The number of rotatable bonds is 4. The predicted molar refractivity (Wildman–Crippen MR) is 199 cm³/mol. The number of aromatic nitrogens is 4. The molecule has 5 heteroatoms. The maximum atomic E-state index is 6.42. The van der Waals surface area contributed by atoms with E-state index in [-0.39, 0.29) is 0 Å². The van der Waals surface area contributed by atoms with Crippen molar-refractivity contribution in [3.63, 3.8) is 0 Å². The van der Waals surface area contributed by atoms with Crippen molar-refractivity contribution in [3.8, 4) is 45.3 Å². The quantitative estimate of drug-likeness (QED) is 0.182. The Morgan fingerprint density at radius 1 is 0.388 bits per heavy atom. The second-order valence-electron chi connectivity index (χ2n) is 12.3. The van der Waals surface area contributed by atoms with Crippen LogP contribution in [0, 0.1) is 0 Å². The average Bonchev–Trinajstić information content (AvgIpc) is 3.56. The van der Waals surface area contributed by atoms with Gasteiger partial charge in [-0.1, -0.05) is 127 Å². The zero-order valence-corrected chi connectivity index (χ0v) is 26.2. The van der Waals surface area contributed by atoms with Gasteiger partial charge in [-0.15, -0.1) is 0 Å². The van der Waals surface area contributed by atoms with Crippen molar-refractivity contribution in [2.75, 3.05) is 0 Å². The molecule has 228 valence electrons. The number of nitrogens with zero attached hydrogens (tertiary/aromatic N) is 4. The number of fused-ring (bicyclic) bond motifs is 8. The smallest absolute Gasteiger partial charge is 0.228 e. The van der Waals surface area contributed by atoms with Crippen LogP contribution in [0.2, 0.25) is 0 Å². The molecule has 0 fully saturated rings. The lowest BCUT2D eigenvalue weighted by Crippen LogP contribution is -2.00. The van der Waals surface area contributed by atoms with E-state index in [1.165, 1.54) is 32.3 Å². The average molecular weight is 627 g/mol. The van der Waals surface area contributed by atoms with E-state index >= 15 is 0 Å². The molecular weight excluding hydrogens is 601 g/mol. The highest BCUT2D eigenvalue weighted by molar-refractivity contribution is 6.20. The lowest BCUT2D eigenvalue weighted by Gasteiger charge is -2.10. The summed E-state index contributed by atoms with van der Waals surface area (Å²) in [5, 5.41) is 9.35. The number of furan rings is 1. The topological polar surface area (TPSA) is 64.7 Å². The van der Waals surface area contributed by atoms with Gasteiger partial charge < -0.3 is 4.42 Å². The Morgan fingerprint density at radius 3 is 1.73 bits per heavy atom. The predicted octanol–water partition coefficient (Wildman–Crippen LogP) is 11.3. The first-order valence-electron chi connectivity index (χ1n) is 16.3. The third-order valence-corrected chi connectivity index (χ3v) is 9.37. The van der Waals surface area contributed by atoms with Gasteiger partial charge in [0.15, 0.2) is 17.5 Å². The summed E-state index contributed by atoms with van der Waals surface area (Å²) in [4.78, 5) is 19.4. The molecule has 0 spiro atoms. The van der Waals surface area contributed by atoms with Crippen molar-refractivity contribution in [1.29, 1.82) is 0 Å². The zero-order valence-electron chi connectivity index (χ0n) is 26.2. The molecule has 3 heterocycles. The minimum atomic E-state index is 0.546. The van der Waals surface area contributed by atoms with Gasteiger partial charge in [0.2, 0.25) is 5.71 Å². The van der Waals surface area contributed by atoms with Crippen molar-refractivity contribution in [3.05, 3.63) is 158 Å². The molecule has 5 nitrogen and oxygen atoms in total. The monoisotopic (exact) mass is 626 g/mol. The van der Waals surface area contributed by atoms with Crippen LogP contribution in [0.4, 0.5) is 0 Å². The van der Waals surface area contributed by atoms with Crippen LogP contribution >= 0.6 is 0 Å². The van der Waals surface area contributed by atoms with E-state index in [1.54, 1.807) is 6.20 Å². The second kappa shape index (κ2) is 10.9. The molecule has 0 N–H and O–H groups in total. The summed E-state index contributed by atoms with van der Waals surface area (Å²) in [6.07, 6.45) is 1.76. The molecule has 49 heavy (non-hydrogen) atoms. The number of benzene rings is 7. The van der Waals surface area contributed by atoms with Gasteiger partial charge in [0.1, 0.15) is 5.58 Å². The standard InChI is InChI=1S/C44H26N4O/c1-3-10-29(11-4-1)41-46-42(30-12-5-2-6-13-30)48-43(47-41)37-23-24-45-44-40(37)36-22-20-32(26-38(36)49-44)31-19-21-35-33(25-31)18-17-28-16-15-27-9-7-8-14-34(27)39(28)35/h1-26H. The van der Waals surface area contributed by atoms with Crippen LogP contribution in [0.1, 0.15) is 0 Å². The summed E-state index contributed by atoms with van der Waals surface area (Å²) in [5.74, 6) is 1.80. The van der Waals surface area contributed by atoms with Gasteiger partial charge in [-0.05, 0) is 67.7 Å². The molecule has 0 unspecified atom stereocenters. The van der Waals surface area contributed by atoms with Crippen molar-refractivity contribution in [2.24, 2.45) is 0 Å². The Labute approximate surface area is 281 Å². The molecule has 0 aliphatic carbocycles. The molecule has 3 aromatic heterocycles. The van der Waals surface area contributed by atoms with Gasteiger partial charge >= 0.3 is 0 Å². The molecule has 0 amide bonds. The van der Waals surface area contributed by atoms with Crippen LogP contribution < -0.4 is 0 Å². The van der Waals surface area contributed by atoms with Gasteiger partial charge in [0.25, 0.3) is 0 Å². The first kappa shape index (κ1) is 27.4. The first-order valence-corrected chi connectivity index (χ1v) is 16.3. The largest absolute Gasteiger partial charge is 0.438 e. The van der Waals surface area contributed by atoms with E-state index < -0.39 is 0 Å². The minimum absolute atomic E-state index is 0.546. The van der Waals surface area contributed by atoms with Crippen LogP contribution in [0.5, 0.6) is 0 Å². The Kier molecular flexibility index (Phi) is 6.11. The van der Waals surface area contributed by atoms with Crippen molar-refractivity contribution in [1.82, 2.24) is 19.9 Å². The van der Waals surface area contributed by atoms with Crippen LogP contribution in [-0.4, -0.2) is 19.9 Å². The highest BCUT2D eigenvalue weighted by Crippen LogP contribution is 2.39. The summed E-state index contributed by atoms with van der Waals surface area (Å²) >= 11 is 0. The molecule has 0 saturated heterocycles. The van der Waals surface area contributed by atoms with Crippen LogP contribution in [-0.2, 0) is 0 Å². The van der Waals surface area contributed by atoms with E-state index in [2.05, 4.69) is 89.9 Å². The lowest BCUT2D eigenvalue weighted by atomic mass is 9.94. The first-order chi connectivity index (χ1) is 24.3. The van der Waals surface area contributed by atoms with Crippen molar-refractivity contribution in [2.45, 2.75) is 0 Å². The normalized spacial score (nSPS) is 11.7. The minimum Gasteiger partial charge on any atom is -0.438 e. The summed E-state index contributed by atoms with van der Waals surface area (Å²) < 4.78 is 6.42. The molecule has 7 aromatic carbocycles. The molecule has 10 rings (SSSR count). The molecule has 0 radical (unpaired) electrons. The van der Waals surface area contributed by atoms with E-state index in [1.807, 2.05) is 66.7 Å². The van der Waals surface area contributed by atoms with Crippen LogP contribution in [0.15, 0.2) is 162 Å². The Balaban J connectivity index is 1.12. The fourth-order valence-electron chi connectivity index (χ4n) is 7.01. The fourth-order valence-corrected chi connectivity index (χ4v) is 7.01. The van der Waals surface area contributed by atoms with Gasteiger partial charge in [-0.25, -0.2) is 19.9 Å². The maximum Gasteiger partial charge on any atom is 0.228 e. The van der Waals surface area contributed by atoms with Crippen LogP contribution in [0.3, 0.4) is 0 Å². The summed E-state index contributed by atoms with van der Waals surface area (Å²) in [6.45, 7) is 0. The molecule has 10 aromatic rings. The Morgan fingerprint density at radius 2 is 0.980 bits per heavy atom. The van der Waals surface area contributed by atoms with Gasteiger partial charge in [-0.3, -0.25) is 0 Å². The fraction of sp³-hybridized carbons (Fsp3) is 0. The number of hydrogen-bond acceptors (Lipinski definition) is 5. The summed E-state index contributed by atoms with van der Waals surface area (Å²) in [7, 11) is 0. The molecule has 0 bridgehead atoms. The van der Waals surface area contributed by atoms with Gasteiger partial charge in [0, 0.05) is 28.3 Å². The third kappa shape index (κ3) is 4.55. The molecule has 0 aliphatic rings. The molecule has 0 aliphatic heterocycles. The highest BCUT2D eigenvalue weighted by atomic mass is 16.3. The van der Waals surface area contributed by atoms with E-state index in [4.69, 9.17) is 19.4 Å². The summed E-state index contributed by atoms with van der Waals surface area (Å²) in [6, 6.07) is 52.5. The van der Waals surface area contributed by atoms with Crippen LogP contribution in [0.25, 0.3) is 99.7 Å². The van der Waals surface area contributed by atoms with Crippen molar-refractivity contribution < 1.29 is 4.42 Å². The number of hydrogen-bond donors (Lipinski definition) is 0. The molecule has 0 saturated carbocycles. The van der Waals surface area contributed by atoms with Gasteiger partial charge in [-0.2, -0.15) is 0 Å². The van der Waals surface area contributed by atoms with Crippen molar-refractivity contribution >= 4 is 54.4 Å². The SMILES string of the molecule is c1ccc(-c2nc(-c3ccccc3)nc(-c3ccnc4oc5cc(-c6ccc7c(ccc8ccc9ccccc9c87)c6)ccc5c34)n2)cc1. The van der Waals surface area contributed by atoms with E-state index in [0.717, 1.165) is 44.2 Å². The highest BCUT2D eigenvalue weighted by Gasteiger charge is 2.19. The Bertz CT molecular complexity index is 2820.